The summed E-state index contributed by atoms with van der Waals surface area (Å²) in [6.45, 7) is 6.78. The van der Waals surface area contributed by atoms with Crippen LogP contribution in [0.5, 0.6) is 0 Å². The SMILES string of the molecule is C/C=C/OCC1CCC(COC(O)NC(NC)OCC2CCC(CO/C=C/C)CC2)CC1. The molecule has 7 heteroatoms. The fourth-order valence-electron chi connectivity index (χ4n) is 4.56. The smallest absolute Gasteiger partial charge is 0.216 e. The molecule has 0 aromatic heterocycles. The van der Waals surface area contributed by atoms with E-state index in [0.717, 1.165) is 51.7 Å². The third kappa shape index (κ3) is 11.1. The second-order valence-corrected chi connectivity index (χ2v) is 9.23. The minimum atomic E-state index is -1.04. The minimum absolute atomic E-state index is 0.430. The molecule has 2 atom stereocenters. The summed E-state index contributed by atoms with van der Waals surface area (Å²) >= 11 is 0. The van der Waals surface area contributed by atoms with Crippen LogP contribution in [0.2, 0.25) is 0 Å². The highest BCUT2D eigenvalue weighted by molar-refractivity contribution is 4.75. The summed E-state index contributed by atoms with van der Waals surface area (Å²) in [4.78, 5) is 0. The van der Waals surface area contributed by atoms with Crippen LogP contribution in [0.15, 0.2) is 24.7 Å². The van der Waals surface area contributed by atoms with E-state index in [4.69, 9.17) is 18.9 Å². The van der Waals surface area contributed by atoms with Crippen molar-refractivity contribution in [2.45, 2.75) is 78.0 Å². The third-order valence-electron chi connectivity index (χ3n) is 6.61. The molecule has 0 radical (unpaired) electrons. The third-order valence-corrected chi connectivity index (χ3v) is 6.61. The molecule has 2 aliphatic rings. The Bertz CT molecular complexity index is 514. The van der Waals surface area contributed by atoms with E-state index < -0.39 is 12.8 Å². The van der Waals surface area contributed by atoms with Gasteiger partial charge in [-0.25, -0.2) is 5.32 Å². The molecule has 32 heavy (non-hydrogen) atoms. The maximum absolute atomic E-state index is 10.3. The van der Waals surface area contributed by atoms with Crippen LogP contribution < -0.4 is 10.6 Å². The summed E-state index contributed by atoms with van der Waals surface area (Å²) in [6, 6.07) is 0. The Balaban J connectivity index is 1.55. The lowest BCUT2D eigenvalue weighted by molar-refractivity contribution is -0.166. The average Bonchev–Trinajstić information content (AvgIpc) is 2.82. The first-order valence-electron chi connectivity index (χ1n) is 12.4. The van der Waals surface area contributed by atoms with Crippen LogP contribution in [-0.4, -0.2) is 51.3 Å². The first-order valence-corrected chi connectivity index (χ1v) is 12.4. The van der Waals surface area contributed by atoms with E-state index in [9.17, 15) is 5.11 Å². The van der Waals surface area contributed by atoms with Gasteiger partial charge in [0.1, 0.15) is 0 Å². The predicted molar refractivity (Wildman–Crippen MR) is 126 cm³/mol. The molecule has 2 aliphatic carbocycles. The topological polar surface area (TPSA) is 81.2 Å². The van der Waals surface area contributed by atoms with Crippen molar-refractivity contribution < 1.29 is 24.1 Å². The lowest BCUT2D eigenvalue weighted by atomic mass is 9.83. The van der Waals surface area contributed by atoms with Crippen molar-refractivity contribution in [3.63, 3.8) is 0 Å². The Morgan fingerprint density at radius 1 is 0.719 bits per heavy atom. The number of allylic oxidation sites excluding steroid dienone is 2. The number of ether oxygens (including phenoxy) is 4. The maximum atomic E-state index is 10.3. The predicted octanol–water partition coefficient (Wildman–Crippen LogP) is 4.10. The summed E-state index contributed by atoms with van der Waals surface area (Å²) in [6.07, 6.45) is 15.1. The van der Waals surface area contributed by atoms with Gasteiger partial charge in [0.05, 0.1) is 39.0 Å². The zero-order chi connectivity index (χ0) is 23.0. The van der Waals surface area contributed by atoms with Gasteiger partial charge in [-0.05, 0) is 95.9 Å². The van der Waals surface area contributed by atoms with Crippen molar-refractivity contribution in [1.29, 1.82) is 0 Å². The van der Waals surface area contributed by atoms with Crippen molar-refractivity contribution in [3.05, 3.63) is 24.7 Å². The number of hydrogen-bond acceptors (Lipinski definition) is 7. The summed E-state index contributed by atoms with van der Waals surface area (Å²) < 4.78 is 22.7. The number of aliphatic hydroxyl groups excluding tert-OH is 1. The van der Waals surface area contributed by atoms with Crippen LogP contribution in [0, 0.1) is 23.7 Å². The monoisotopic (exact) mass is 454 g/mol. The van der Waals surface area contributed by atoms with Crippen LogP contribution in [-0.2, 0) is 18.9 Å². The molecule has 2 saturated carbocycles. The second-order valence-electron chi connectivity index (χ2n) is 9.23. The molecule has 0 spiro atoms. The highest BCUT2D eigenvalue weighted by atomic mass is 16.6. The highest BCUT2D eigenvalue weighted by Crippen LogP contribution is 2.30. The molecule has 7 nitrogen and oxygen atoms in total. The van der Waals surface area contributed by atoms with E-state index >= 15 is 0 Å². The van der Waals surface area contributed by atoms with Crippen LogP contribution in [0.25, 0.3) is 0 Å². The lowest BCUT2D eigenvalue weighted by Crippen LogP contribution is -2.49. The van der Waals surface area contributed by atoms with Crippen molar-refractivity contribution >= 4 is 0 Å². The van der Waals surface area contributed by atoms with Gasteiger partial charge < -0.3 is 24.1 Å². The maximum Gasteiger partial charge on any atom is 0.216 e. The van der Waals surface area contributed by atoms with E-state index in [2.05, 4.69) is 10.6 Å². The Labute approximate surface area is 194 Å². The van der Waals surface area contributed by atoms with Gasteiger partial charge >= 0.3 is 0 Å². The fraction of sp³-hybridized carbons (Fsp3) is 0.840. The van der Waals surface area contributed by atoms with Crippen LogP contribution in [0.3, 0.4) is 0 Å². The molecule has 0 aromatic carbocycles. The molecule has 3 N–H and O–H groups in total. The van der Waals surface area contributed by atoms with Gasteiger partial charge in [-0.1, -0.05) is 12.2 Å². The normalized spacial score (nSPS) is 28.8. The van der Waals surface area contributed by atoms with E-state index in [1.165, 1.54) is 12.8 Å². The molecule has 0 saturated heterocycles. The summed E-state index contributed by atoms with van der Waals surface area (Å²) in [5, 5.41) is 16.3. The average molecular weight is 455 g/mol. The molecule has 0 aliphatic heterocycles. The first kappa shape index (κ1) is 27.1. The number of aliphatic hydroxyl groups is 1. The summed E-state index contributed by atoms with van der Waals surface area (Å²) in [5.74, 6) is 2.32. The quantitative estimate of drug-likeness (QED) is 0.254. The number of nitrogens with one attached hydrogen (secondary N) is 2. The van der Waals surface area contributed by atoms with E-state index in [0.29, 0.717) is 36.9 Å². The Hall–Kier alpha value is -1.12. The largest absolute Gasteiger partial charge is 0.501 e. The fourth-order valence-corrected chi connectivity index (χ4v) is 4.56. The van der Waals surface area contributed by atoms with Gasteiger partial charge in [0.25, 0.3) is 0 Å². The number of hydrogen-bond donors (Lipinski definition) is 3. The molecule has 2 rings (SSSR count). The van der Waals surface area contributed by atoms with Gasteiger partial charge in [0.15, 0.2) is 6.35 Å². The zero-order valence-corrected chi connectivity index (χ0v) is 20.3. The van der Waals surface area contributed by atoms with Crippen molar-refractivity contribution in [3.8, 4) is 0 Å². The van der Waals surface area contributed by atoms with Gasteiger partial charge in [-0.3, -0.25) is 5.32 Å². The molecule has 186 valence electrons. The van der Waals surface area contributed by atoms with E-state index in [-0.39, 0.29) is 0 Å². The van der Waals surface area contributed by atoms with E-state index in [1.54, 1.807) is 12.5 Å². The Morgan fingerprint density at radius 2 is 1.12 bits per heavy atom. The lowest BCUT2D eigenvalue weighted by Gasteiger charge is -2.31. The summed E-state index contributed by atoms with van der Waals surface area (Å²) in [7, 11) is 1.82. The molecule has 0 heterocycles. The molecule has 0 bridgehead atoms. The zero-order valence-electron chi connectivity index (χ0n) is 20.3. The Morgan fingerprint density at radius 3 is 1.53 bits per heavy atom. The number of rotatable bonds is 15. The summed E-state index contributed by atoms with van der Waals surface area (Å²) in [5.41, 5.74) is 0. The molecular weight excluding hydrogens is 408 g/mol. The molecule has 2 unspecified atom stereocenters. The van der Waals surface area contributed by atoms with Crippen LogP contribution in [0.4, 0.5) is 0 Å². The Kier molecular flexibility index (Phi) is 14.0. The molecule has 0 amide bonds. The van der Waals surface area contributed by atoms with Gasteiger partial charge in [-0.2, -0.15) is 0 Å². The van der Waals surface area contributed by atoms with Gasteiger partial charge in [0, 0.05) is 0 Å². The van der Waals surface area contributed by atoms with Gasteiger partial charge in [-0.15, -0.1) is 0 Å². The van der Waals surface area contributed by atoms with E-state index in [1.807, 2.05) is 33.0 Å². The minimum Gasteiger partial charge on any atom is -0.501 e. The van der Waals surface area contributed by atoms with Crippen LogP contribution >= 0.6 is 0 Å². The first-order chi connectivity index (χ1) is 15.6. The second kappa shape index (κ2) is 16.5. The standard InChI is InChI=1S/C25H46N2O5/c1-4-14-29-16-20-6-10-22(11-7-20)18-31-24(26-3)27-25(28)32-19-23-12-8-21(9-13-23)17-30-15-5-2/h4-5,14-15,20-28H,6-13,16-19H2,1-3H3/b14-4+,15-5+. The van der Waals surface area contributed by atoms with Crippen molar-refractivity contribution in [1.82, 2.24) is 10.6 Å². The van der Waals surface area contributed by atoms with Crippen molar-refractivity contribution in [2.75, 3.05) is 33.5 Å². The molecule has 2 fully saturated rings. The molecule has 0 aromatic rings. The van der Waals surface area contributed by atoms with Crippen molar-refractivity contribution in [2.24, 2.45) is 23.7 Å². The van der Waals surface area contributed by atoms with Crippen LogP contribution in [0.1, 0.15) is 65.2 Å². The highest BCUT2D eigenvalue weighted by Gasteiger charge is 2.24. The molecular formula is C25H46N2O5. The van der Waals surface area contributed by atoms with Gasteiger partial charge in [0.2, 0.25) is 6.41 Å².